The van der Waals surface area contributed by atoms with E-state index >= 15 is 0 Å². The van der Waals surface area contributed by atoms with Gasteiger partial charge in [-0.25, -0.2) is 4.79 Å². The number of carboxylic acid groups (broad SMARTS) is 1. The molecule has 0 atom stereocenters. The Bertz CT molecular complexity index is 545. The van der Waals surface area contributed by atoms with Gasteiger partial charge in [-0.3, -0.25) is 4.79 Å². The number of aromatic carboxylic acids is 1. The summed E-state index contributed by atoms with van der Waals surface area (Å²) in [5, 5.41) is 15.6. The molecule has 0 aliphatic heterocycles. The SMILES string of the molecule is O=C(CCc1cccs1)Nc1sccc1C(=O)O. The molecule has 0 saturated heterocycles. The van der Waals surface area contributed by atoms with Crippen molar-refractivity contribution in [3.8, 4) is 0 Å². The summed E-state index contributed by atoms with van der Waals surface area (Å²) in [6.07, 6.45) is 1.04. The van der Waals surface area contributed by atoms with Crippen molar-refractivity contribution in [1.82, 2.24) is 0 Å². The fourth-order valence-corrected chi connectivity index (χ4v) is 2.96. The number of amides is 1. The quantitative estimate of drug-likeness (QED) is 0.885. The molecule has 0 unspecified atom stereocenters. The lowest BCUT2D eigenvalue weighted by atomic mass is 10.2. The number of anilines is 1. The molecule has 6 heteroatoms. The molecule has 0 aliphatic carbocycles. The summed E-state index contributed by atoms with van der Waals surface area (Å²) >= 11 is 2.83. The van der Waals surface area contributed by atoms with E-state index in [1.807, 2.05) is 17.5 Å². The van der Waals surface area contributed by atoms with Crippen LogP contribution in [0.5, 0.6) is 0 Å². The Balaban J connectivity index is 1.91. The van der Waals surface area contributed by atoms with Crippen molar-refractivity contribution in [2.45, 2.75) is 12.8 Å². The molecule has 0 bridgehead atoms. The minimum atomic E-state index is -1.02. The fourth-order valence-electron chi connectivity index (χ4n) is 1.46. The molecule has 2 rings (SSSR count). The van der Waals surface area contributed by atoms with Crippen molar-refractivity contribution in [3.63, 3.8) is 0 Å². The monoisotopic (exact) mass is 281 g/mol. The van der Waals surface area contributed by atoms with Gasteiger partial charge in [0, 0.05) is 11.3 Å². The van der Waals surface area contributed by atoms with E-state index in [2.05, 4.69) is 5.32 Å². The van der Waals surface area contributed by atoms with Crippen LogP contribution in [0.1, 0.15) is 21.7 Å². The normalized spacial score (nSPS) is 10.2. The molecule has 94 valence electrons. The molecule has 2 aromatic rings. The zero-order chi connectivity index (χ0) is 13.0. The molecule has 0 aliphatic rings. The number of carbonyl (C=O) groups excluding carboxylic acids is 1. The van der Waals surface area contributed by atoms with Crippen LogP contribution in [0.3, 0.4) is 0 Å². The van der Waals surface area contributed by atoms with Gasteiger partial charge in [-0.15, -0.1) is 22.7 Å². The molecular formula is C12H11NO3S2. The molecule has 1 amide bonds. The van der Waals surface area contributed by atoms with Crippen LogP contribution < -0.4 is 5.32 Å². The molecule has 4 nitrogen and oxygen atoms in total. The van der Waals surface area contributed by atoms with Gasteiger partial charge in [0.2, 0.25) is 5.91 Å². The lowest BCUT2D eigenvalue weighted by Crippen LogP contribution is -2.13. The van der Waals surface area contributed by atoms with Crippen molar-refractivity contribution >= 4 is 39.6 Å². The smallest absolute Gasteiger partial charge is 0.338 e. The topological polar surface area (TPSA) is 66.4 Å². The van der Waals surface area contributed by atoms with E-state index in [9.17, 15) is 9.59 Å². The third-order valence-electron chi connectivity index (χ3n) is 2.33. The van der Waals surface area contributed by atoms with Gasteiger partial charge in [-0.05, 0) is 29.3 Å². The summed E-state index contributed by atoms with van der Waals surface area (Å²) in [5.74, 6) is -1.18. The first kappa shape index (κ1) is 12.8. The van der Waals surface area contributed by atoms with Crippen LogP contribution in [0.25, 0.3) is 0 Å². The minimum absolute atomic E-state index is 0.143. The highest BCUT2D eigenvalue weighted by Crippen LogP contribution is 2.23. The lowest BCUT2D eigenvalue weighted by molar-refractivity contribution is -0.116. The number of thiophene rings is 2. The summed E-state index contributed by atoms with van der Waals surface area (Å²) < 4.78 is 0. The minimum Gasteiger partial charge on any atom is -0.478 e. The second kappa shape index (κ2) is 5.79. The molecule has 18 heavy (non-hydrogen) atoms. The maximum absolute atomic E-state index is 11.7. The number of aryl methyl sites for hydroxylation is 1. The fraction of sp³-hybridized carbons (Fsp3) is 0.167. The predicted octanol–water partition coefficient (Wildman–Crippen LogP) is 3.08. The van der Waals surface area contributed by atoms with Crippen LogP contribution >= 0.6 is 22.7 Å². The van der Waals surface area contributed by atoms with Gasteiger partial charge in [-0.1, -0.05) is 6.07 Å². The number of hydrogen-bond donors (Lipinski definition) is 2. The Morgan fingerprint density at radius 3 is 2.72 bits per heavy atom. The van der Waals surface area contributed by atoms with E-state index in [-0.39, 0.29) is 11.5 Å². The van der Waals surface area contributed by atoms with Crippen molar-refractivity contribution in [2.24, 2.45) is 0 Å². The summed E-state index contributed by atoms with van der Waals surface area (Å²) in [4.78, 5) is 23.7. The third-order valence-corrected chi connectivity index (χ3v) is 4.09. The Labute approximate surface area is 112 Å². The van der Waals surface area contributed by atoms with E-state index in [1.165, 1.54) is 17.4 Å². The van der Waals surface area contributed by atoms with Crippen LogP contribution in [0.2, 0.25) is 0 Å². The van der Waals surface area contributed by atoms with Crippen molar-refractivity contribution in [3.05, 3.63) is 39.4 Å². The van der Waals surface area contributed by atoms with Gasteiger partial charge >= 0.3 is 5.97 Å². The number of rotatable bonds is 5. The van der Waals surface area contributed by atoms with Crippen molar-refractivity contribution in [1.29, 1.82) is 0 Å². The van der Waals surface area contributed by atoms with E-state index in [0.29, 0.717) is 17.8 Å². The second-order valence-corrected chi connectivity index (χ2v) is 5.54. The average molecular weight is 281 g/mol. The number of hydrogen-bond acceptors (Lipinski definition) is 4. The largest absolute Gasteiger partial charge is 0.478 e. The Hall–Kier alpha value is -1.66. The highest BCUT2D eigenvalue weighted by molar-refractivity contribution is 7.14. The first-order chi connectivity index (χ1) is 8.66. The highest BCUT2D eigenvalue weighted by atomic mass is 32.1. The molecular weight excluding hydrogens is 270 g/mol. The van der Waals surface area contributed by atoms with E-state index in [1.54, 1.807) is 16.7 Å². The maximum atomic E-state index is 11.7. The summed E-state index contributed by atoms with van der Waals surface area (Å²) in [5.41, 5.74) is 0.143. The summed E-state index contributed by atoms with van der Waals surface area (Å²) in [6.45, 7) is 0. The predicted molar refractivity (Wildman–Crippen MR) is 72.5 cm³/mol. The number of carbonyl (C=O) groups is 2. The molecule has 0 radical (unpaired) electrons. The Morgan fingerprint density at radius 1 is 1.22 bits per heavy atom. The van der Waals surface area contributed by atoms with Crippen molar-refractivity contribution in [2.75, 3.05) is 5.32 Å². The average Bonchev–Trinajstić information content (AvgIpc) is 2.96. The number of carboxylic acids is 1. The second-order valence-electron chi connectivity index (χ2n) is 3.60. The molecule has 0 saturated carbocycles. The van der Waals surface area contributed by atoms with Crippen LogP contribution in [-0.4, -0.2) is 17.0 Å². The van der Waals surface area contributed by atoms with Crippen molar-refractivity contribution < 1.29 is 14.7 Å². The summed E-state index contributed by atoms with van der Waals surface area (Å²) in [7, 11) is 0. The maximum Gasteiger partial charge on any atom is 0.338 e. The molecule has 0 fully saturated rings. The first-order valence-corrected chi connectivity index (χ1v) is 7.06. The molecule has 2 aromatic heterocycles. The van der Waals surface area contributed by atoms with Crippen LogP contribution in [0, 0.1) is 0 Å². The molecule has 2 heterocycles. The molecule has 2 N–H and O–H groups in total. The zero-order valence-electron chi connectivity index (χ0n) is 9.38. The van der Waals surface area contributed by atoms with Crippen LogP contribution in [0.15, 0.2) is 29.0 Å². The lowest BCUT2D eigenvalue weighted by Gasteiger charge is -2.03. The van der Waals surface area contributed by atoms with Gasteiger partial charge in [0.1, 0.15) is 5.00 Å². The van der Waals surface area contributed by atoms with Gasteiger partial charge in [0.05, 0.1) is 5.56 Å². The molecule has 0 spiro atoms. The van der Waals surface area contributed by atoms with E-state index in [0.717, 1.165) is 4.88 Å². The van der Waals surface area contributed by atoms with Crippen LogP contribution in [0.4, 0.5) is 5.00 Å². The first-order valence-electron chi connectivity index (χ1n) is 5.30. The summed E-state index contributed by atoms with van der Waals surface area (Å²) in [6, 6.07) is 5.41. The van der Waals surface area contributed by atoms with Gasteiger partial charge in [0.25, 0.3) is 0 Å². The Kier molecular flexibility index (Phi) is 4.11. The number of nitrogens with one attached hydrogen (secondary N) is 1. The van der Waals surface area contributed by atoms with Gasteiger partial charge < -0.3 is 10.4 Å². The third kappa shape index (κ3) is 3.18. The standard InChI is InChI=1S/C12H11NO3S2/c14-10(4-3-8-2-1-6-17-8)13-11-9(12(15)16)5-7-18-11/h1-2,5-7H,3-4H2,(H,13,14)(H,15,16). The Morgan fingerprint density at radius 2 is 2.06 bits per heavy atom. The molecule has 0 aromatic carbocycles. The zero-order valence-corrected chi connectivity index (χ0v) is 11.0. The van der Waals surface area contributed by atoms with Gasteiger partial charge in [-0.2, -0.15) is 0 Å². The van der Waals surface area contributed by atoms with Gasteiger partial charge in [0.15, 0.2) is 0 Å². The van der Waals surface area contributed by atoms with E-state index < -0.39 is 5.97 Å². The highest BCUT2D eigenvalue weighted by Gasteiger charge is 2.13. The van der Waals surface area contributed by atoms with Crippen LogP contribution in [-0.2, 0) is 11.2 Å². The van der Waals surface area contributed by atoms with E-state index in [4.69, 9.17) is 5.11 Å².